The minimum Gasteiger partial charge on any atom is -0.458 e. The lowest BCUT2D eigenvalue weighted by Crippen LogP contribution is -2.57. The van der Waals surface area contributed by atoms with E-state index in [1.54, 1.807) is 4.90 Å². The third-order valence-electron chi connectivity index (χ3n) is 8.37. The predicted molar refractivity (Wildman–Crippen MR) is 196 cm³/mol. The summed E-state index contributed by atoms with van der Waals surface area (Å²) in [5, 5.41) is 17.4. The molecule has 4 N–H and O–H groups in total. The highest BCUT2D eigenvalue weighted by atomic mass is 35.5. The maximum Gasteiger partial charge on any atom is 0.321 e. The van der Waals surface area contributed by atoms with Crippen LogP contribution in [0.15, 0.2) is 58.8 Å². The molecule has 16 heteroatoms. The van der Waals surface area contributed by atoms with Crippen LogP contribution in [0.3, 0.4) is 0 Å². The summed E-state index contributed by atoms with van der Waals surface area (Å²) in [5.74, 6) is -1.24. The molecule has 1 aromatic heterocycles. The Morgan fingerprint density at radius 1 is 1.12 bits per heavy atom. The quantitative estimate of drug-likeness (QED) is 0.135. The van der Waals surface area contributed by atoms with Gasteiger partial charge in [0.15, 0.2) is 0 Å². The number of amides is 3. The number of carbonyl (C=O) groups excluding carboxylic acids is 3. The summed E-state index contributed by atoms with van der Waals surface area (Å²) < 4.78 is 33.9. The fourth-order valence-electron chi connectivity index (χ4n) is 5.92. The van der Waals surface area contributed by atoms with Crippen molar-refractivity contribution in [3.05, 3.63) is 75.2 Å². The van der Waals surface area contributed by atoms with Gasteiger partial charge in [0.1, 0.15) is 17.7 Å². The van der Waals surface area contributed by atoms with Gasteiger partial charge < -0.3 is 30.7 Å². The van der Waals surface area contributed by atoms with Crippen molar-refractivity contribution < 1.29 is 32.6 Å². The van der Waals surface area contributed by atoms with E-state index in [4.69, 9.17) is 22.1 Å². The number of sulfonamides is 1. The fraction of sp³-hybridized carbons (Fsp3) is 0.486. The number of hydrogen-bond acceptors (Lipinski definition) is 10. The summed E-state index contributed by atoms with van der Waals surface area (Å²) in [7, 11) is -4.12. The number of rotatable bonds is 17. The first kappa shape index (κ1) is 40.0. The summed E-state index contributed by atoms with van der Waals surface area (Å²) in [6, 6.07) is 11.3. The molecular weight excluding hydrogens is 716 g/mol. The Labute approximate surface area is 308 Å². The Bertz CT molecular complexity index is 1770. The molecule has 0 saturated carbocycles. The molecule has 3 atom stereocenters. The van der Waals surface area contributed by atoms with Crippen LogP contribution in [-0.2, 0) is 43.9 Å². The number of anilines is 1. The molecule has 2 aromatic carbocycles. The zero-order valence-corrected chi connectivity index (χ0v) is 31.9. The number of nitrogens with one attached hydrogen (secondary N) is 1. The maximum atomic E-state index is 14.1. The molecule has 1 aliphatic heterocycles. The van der Waals surface area contributed by atoms with Crippen molar-refractivity contribution in [2.75, 3.05) is 31.9 Å². The molecule has 1 aliphatic rings. The molecule has 3 aromatic rings. The smallest absolute Gasteiger partial charge is 0.321 e. The van der Waals surface area contributed by atoms with Crippen molar-refractivity contribution in [2.24, 2.45) is 11.8 Å². The second-order valence-corrected chi connectivity index (χ2v) is 16.7. The summed E-state index contributed by atoms with van der Waals surface area (Å²) in [5.41, 5.74) is 7.52. The van der Waals surface area contributed by atoms with Gasteiger partial charge in [-0.15, -0.1) is 11.3 Å². The first-order valence-electron chi connectivity index (χ1n) is 16.8. The summed E-state index contributed by atoms with van der Waals surface area (Å²) >= 11 is 7.39. The summed E-state index contributed by atoms with van der Waals surface area (Å²) in [4.78, 5) is 46.5. The van der Waals surface area contributed by atoms with Crippen molar-refractivity contribution in [1.29, 1.82) is 0 Å². The minimum atomic E-state index is -4.12. The Balaban J connectivity index is 1.54. The molecule has 0 bridgehead atoms. The molecule has 0 unspecified atom stereocenters. The Morgan fingerprint density at radius 2 is 1.82 bits per heavy atom. The largest absolute Gasteiger partial charge is 0.458 e. The number of carbonyl (C=O) groups is 3. The van der Waals surface area contributed by atoms with Gasteiger partial charge in [-0.05, 0) is 42.0 Å². The number of ether oxygens (including phenoxy) is 1. The van der Waals surface area contributed by atoms with Crippen LogP contribution in [0.5, 0.6) is 0 Å². The lowest BCUT2D eigenvalue weighted by Gasteiger charge is -2.34. The topological polar surface area (TPSA) is 175 Å². The van der Waals surface area contributed by atoms with Gasteiger partial charge in [0.05, 0.1) is 40.0 Å². The predicted octanol–water partition coefficient (Wildman–Crippen LogP) is 4.14. The number of aliphatic hydroxyl groups is 1. The number of nitrogens with two attached hydrogens (primary N) is 1. The second-order valence-electron chi connectivity index (χ2n) is 13.4. The van der Waals surface area contributed by atoms with E-state index in [0.717, 1.165) is 5.56 Å². The van der Waals surface area contributed by atoms with Crippen LogP contribution >= 0.6 is 22.9 Å². The van der Waals surface area contributed by atoms with Crippen LogP contribution in [0.1, 0.15) is 50.9 Å². The standard InChI is InChI=1S/C35H47ClN6O7S2/c1-22(2)17-41(51(47,48)27-11-12-28(36)29(37)16-27)19-31(44)30(15-25-9-7-6-8-10-25)39-34(45)33(23(3)4)42-14-13-40(35(42)46)18-26-21-50-32(38-26)20-49-24(5)43/h6-12,16,21-23,30-31,33,44H,13-15,17-20,37H2,1-5H3,(H,39,45)/t30-,31-,33-/m0/s1. The third-order valence-corrected chi connectivity index (χ3v) is 11.4. The van der Waals surface area contributed by atoms with Crippen molar-refractivity contribution in [1.82, 2.24) is 24.4 Å². The minimum absolute atomic E-state index is 0.0581. The average Bonchev–Trinajstić information content (AvgIpc) is 3.66. The highest BCUT2D eigenvalue weighted by molar-refractivity contribution is 7.89. The van der Waals surface area contributed by atoms with E-state index >= 15 is 0 Å². The molecule has 1 fully saturated rings. The molecule has 278 valence electrons. The molecule has 51 heavy (non-hydrogen) atoms. The summed E-state index contributed by atoms with van der Waals surface area (Å²) in [6.45, 7) is 9.51. The molecule has 3 amide bonds. The lowest BCUT2D eigenvalue weighted by molar-refractivity contribution is -0.142. The van der Waals surface area contributed by atoms with Crippen molar-refractivity contribution in [3.63, 3.8) is 0 Å². The van der Waals surface area contributed by atoms with Gasteiger partial charge in [0.2, 0.25) is 15.9 Å². The van der Waals surface area contributed by atoms with Gasteiger partial charge >= 0.3 is 12.0 Å². The van der Waals surface area contributed by atoms with E-state index in [1.807, 2.05) is 63.4 Å². The number of thiazole rings is 1. The number of halogens is 1. The van der Waals surface area contributed by atoms with E-state index < -0.39 is 40.1 Å². The van der Waals surface area contributed by atoms with Gasteiger partial charge in [0, 0.05) is 38.5 Å². The number of aliphatic hydroxyl groups excluding tert-OH is 1. The number of benzene rings is 2. The number of nitrogen functional groups attached to an aromatic ring is 1. The van der Waals surface area contributed by atoms with Gasteiger partial charge in [-0.2, -0.15) is 4.31 Å². The molecular formula is C35H47ClN6O7S2. The molecule has 4 rings (SSSR count). The fourth-order valence-corrected chi connectivity index (χ4v) is 8.39. The maximum absolute atomic E-state index is 14.1. The van der Waals surface area contributed by atoms with Crippen molar-refractivity contribution >= 4 is 56.6 Å². The number of urea groups is 1. The van der Waals surface area contributed by atoms with E-state index in [1.165, 1.54) is 45.7 Å². The normalized spacial score (nSPS) is 15.5. The zero-order valence-electron chi connectivity index (χ0n) is 29.5. The van der Waals surface area contributed by atoms with Crippen molar-refractivity contribution in [2.45, 2.75) is 77.3 Å². The van der Waals surface area contributed by atoms with Gasteiger partial charge in [-0.1, -0.05) is 69.6 Å². The number of esters is 1. The highest BCUT2D eigenvalue weighted by Gasteiger charge is 2.40. The van der Waals surface area contributed by atoms with E-state index in [2.05, 4.69) is 10.3 Å². The van der Waals surface area contributed by atoms with Crippen LogP contribution in [0.4, 0.5) is 10.5 Å². The van der Waals surface area contributed by atoms with Gasteiger partial charge in [0.25, 0.3) is 0 Å². The first-order chi connectivity index (χ1) is 24.1. The van der Waals surface area contributed by atoms with Gasteiger partial charge in [-0.25, -0.2) is 18.2 Å². The zero-order chi connectivity index (χ0) is 37.5. The molecule has 2 heterocycles. The lowest BCUT2D eigenvalue weighted by atomic mass is 9.97. The van der Waals surface area contributed by atoms with Crippen LogP contribution < -0.4 is 11.1 Å². The Morgan fingerprint density at radius 3 is 2.45 bits per heavy atom. The van der Waals surface area contributed by atoms with E-state index in [-0.39, 0.29) is 66.1 Å². The monoisotopic (exact) mass is 762 g/mol. The molecule has 0 radical (unpaired) electrons. The van der Waals surface area contributed by atoms with Crippen LogP contribution in [0.2, 0.25) is 5.02 Å². The number of aromatic nitrogens is 1. The van der Waals surface area contributed by atoms with Crippen molar-refractivity contribution in [3.8, 4) is 0 Å². The third kappa shape index (κ3) is 10.6. The average molecular weight is 763 g/mol. The SMILES string of the molecule is CC(=O)OCc1nc(CN2CCN([C@H](C(=O)N[C@@H](Cc3ccccc3)[C@@H](O)CN(CC(C)C)S(=O)(=O)c3ccc(Cl)c(N)c3)C(C)C)C2=O)cs1. The highest BCUT2D eigenvalue weighted by Crippen LogP contribution is 2.26. The molecule has 13 nitrogen and oxygen atoms in total. The summed E-state index contributed by atoms with van der Waals surface area (Å²) in [6.07, 6.45) is -1.11. The first-order valence-corrected chi connectivity index (χ1v) is 19.5. The van der Waals surface area contributed by atoms with Crippen LogP contribution in [0.25, 0.3) is 0 Å². The Hall–Kier alpha value is -3.76. The number of hydrogen-bond donors (Lipinski definition) is 3. The van der Waals surface area contributed by atoms with Gasteiger partial charge in [-0.3, -0.25) is 9.59 Å². The van der Waals surface area contributed by atoms with Crippen LogP contribution in [0, 0.1) is 11.8 Å². The number of nitrogens with zero attached hydrogens (tertiary/aromatic N) is 4. The molecule has 1 saturated heterocycles. The second kappa shape index (κ2) is 17.6. The Kier molecular flexibility index (Phi) is 13.8. The molecule has 0 aliphatic carbocycles. The molecule has 0 spiro atoms. The van der Waals surface area contributed by atoms with Crippen LogP contribution in [-0.4, -0.2) is 94.9 Å². The van der Waals surface area contributed by atoms with E-state index in [9.17, 15) is 27.9 Å². The van der Waals surface area contributed by atoms with E-state index in [0.29, 0.717) is 23.8 Å².